The summed E-state index contributed by atoms with van der Waals surface area (Å²) in [4.78, 5) is 25.0. The highest BCUT2D eigenvalue weighted by Gasteiger charge is 2.37. The normalized spacial score (nSPS) is 14.0. The van der Waals surface area contributed by atoms with Crippen LogP contribution in [0.25, 0.3) is 0 Å². The molecule has 2 aromatic carbocycles. The molecular weight excluding hydrogens is 390 g/mol. The fraction of sp³-hybridized carbons (Fsp3) is 0.364. The molecule has 2 aromatic rings. The number of fused-ring (bicyclic) bond motifs is 2. The van der Waals surface area contributed by atoms with Crippen molar-refractivity contribution in [3.63, 3.8) is 0 Å². The summed E-state index contributed by atoms with van der Waals surface area (Å²) in [6.45, 7) is 8.89. The highest BCUT2D eigenvalue weighted by atomic mass is 16.6. The second kappa shape index (κ2) is 7.21. The molecule has 8 heteroatoms. The minimum absolute atomic E-state index is 0.00857. The van der Waals surface area contributed by atoms with E-state index in [0.717, 1.165) is 0 Å². The molecule has 4 N–H and O–H groups in total. The molecule has 30 heavy (non-hydrogen) atoms. The summed E-state index contributed by atoms with van der Waals surface area (Å²) in [7, 11) is 1.39. The van der Waals surface area contributed by atoms with Crippen LogP contribution in [-0.4, -0.2) is 29.3 Å². The standard InChI is InChI=1S/C22H25NO7/c1-9-7-12(24)15(19(23)22(3,4)5)18-14(9)21(27)30-16-10(2)13(28-6)8-11(20(25)26)17(16)29-18/h7-8,19,24H,23H2,1-6H3,(H,25,26). The van der Waals surface area contributed by atoms with Crippen LogP contribution >= 0.6 is 0 Å². The second-order valence-corrected chi connectivity index (χ2v) is 8.38. The Morgan fingerprint density at radius 1 is 1.13 bits per heavy atom. The van der Waals surface area contributed by atoms with Gasteiger partial charge in [-0.15, -0.1) is 0 Å². The molecule has 0 bridgehead atoms. The lowest BCUT2D eigenvalue weighted by Crippen LogP contribution is -2.27. The number of benzene rings is 2. The van der Waals surface area contributed by atoms with Gasteiger partial charge in [0.25, 0.3) is 0 Å². The molecule has 1 atom stereocenters. The molecule has 0 saturated carbocycles. The Labute approximate surface area is 174 Å². The van der Waals surface area contributed by atoms with Crippen molar-refractivity contribution in [3.05, 3.63) is 39.9 Å². The minimum Gasteiger partial charge on any atom is -0.507 e. The average molecular weight is 415 g/mol. The number of carboxylic acid groups (broad SMARTS) is 1. The van der Waals surface area contributed by atoms with Gasteiger partial charge in [-0.2, -0.15) is 0 Å². The summed E-state index contributed by atoms with van der Waals surface area (Å²) in [5.41, 5.74) is 6.77. The highest BCUT2D eigenvalue weighted by Crippen LogP contribution is 2.51. The van der Waals surface area contributed by atoms with Crippen LogP contribution in [0.15, 0.2) is 12.1 Å². The largest absolute Gasteiger partial charge is 0.507 e. The Balaban J connectivity index is 2.40. The number of methoxy groups -OCH3 is 1. The van der Waals surface area contributed by atoms with Gasteiger partial charge in [0.2, 0.25) is 0 Å². The van der Waals surface area contributed by atoms with Crippen LogP contribution in [0.5, 0.6) is 28.7 Å². The third kappa shape index (κ3) is 3.33. The molecule has 0 aliphatic carbocycles. The van der Waals surface area contributed by atoms with Crippen LogP contribution in [0.1, 0.15) is 64.2 Å². The van der Waals surface area contributed by atoms with Crippen LogP contribution in [0.3, 0.4) is 0 Å². The lowest BCUT2D eigenvalue weighted by atomic mass is 9.81. The van der Waals surface area contributed by atoms with Crippen LogP contribution in [0.2, 0.25) is 0 Å². The van der Waals surface area contributed by atoms with Crippen LogP contribution in [0, 0.1) is 19.3 Å². The Morgan fingerprint density at radius 3 is 2.30 bits per heavy atom. The number of aromatic carboxylic acids is 1. The first kappa shape index (κ1) is 21.4. The number of esters is 1. The number of nitrogens with two attached hydrogens (primary N) is 1. The number of phenols is 1. The highest BCUT2D eigenvalue weighted by molar-refractivity contribution is 6.00. The number of carbonyl (C=O) groups excluding carboxylic acids is 1. The average Bonchev–Trinajstić information content (AvgIpc) is 2.78. The quantitative estimate of drug-likeness (QED) is 0.505. The molecule has 1 unspecified atom stereocenters. The number of aryl methyl sites for hydroxylation is 1. The van der Waals surface area contributed by atoms with Gasteiger partial charge in [-0.25, -0.2) is 9.59 Å². The first-order valence-corrected chi connectivity index (χ1v) is 9.35. The lowest BCUT2D eigenvalue weighted by molar-refractivity contribution is 0.0685. The van der Waals surface area contributed by atoms with E-state index in [1.165, 1.54) is 19.2 Å². The number of ether oxygens (including phenoxy) is 3. The fourth-order valence-electron chi connectivity index (χ4n) is 3.43. The maximum atomic E-state index is 13.0. The van der Waals surface area contributed by atoms with Crippen molar-refractivity contribution in [2.24, 2.45) is 11.1 Å². The van der Waals surface area contributed by atoms with Gasteiger partial charge in [-0.3, -0.25) is 0 Å². The molecule has 0 fully saturated rings. The zero-order valence-electron chi connectivity index (χ0n) is 17.7. The smallest absolute Gasteiger partial charge is 0.347 e. The summed E-state index contributed by atoms with van der Waals surface area (Å²) in [5.74, 6) is -2.15. The van der Waals surface area contributed by atoms with E-state index in [4.69, 9.17) is 19.9 Å². The molecule has 0 spiro atoms. The van der Waals surface area contributed by atoms with Gasteiger partial charge < -0.3 is 30.2 Å². The second-order valence-electron chi connectivity index (χ2n) is 8.38. The van der Waals surface area contributed by atoms with E-state index >= 15 is 0 Å². The van der Waals surface area contributed by atoms with Crippen LogP contribution < -0.4 is 19.9 Å². The summed E-state index contributed by atoms with van der Waals surface area (Å²) in [6.07, 6.45) is 0. The van der Waals surface area contributed by atoms with Crippen molar-refractivity contribution < 1.29 is 34.0 Å². The van der Waals surface area contributed by atoms with Gasteiger partial charge >= 0.3 is 11.9 Å². The minimum atomic E-state index is -1.29. The number of rotatable bonds is 3. The zero-order valence-corrected chi connectivity index (χ0v) is 17.7. The predicted molar refractivity (Wildman–Crippen MR) is 109 cm³/mol. The third-order valence-corrected chi connectivity index (χ3v) is 5.23. The molecule has 8 nitrogen and oxygen atoms in total. The van der Waals surface area contributed by atoms with Gasteiger partial charge in [0.15, 0.2) is 17.2 Å². The van der Waals surface area contributed by atoms with E-state index in [2.05, 4.69) is 0 Å². The summed E-state index contributed by atoms with van der Waals surface area (Å²) in [5, 5.41) is 20.4. The molecule has 0 saturated heterocycles. The third-order valence-electron chi connectivity index (χ3n) is 5.23. The SMILES string of the molecule is COc1cc(C(=O)O)c2c(c1C)OC(=O)c1c(C)cc(O)c(C(N)C(C)(C)C)c1O2. The van der Waals surface area contributed by atoms with Gasteiger partial charge in [-0.1, -0.05) is 20.8 Å². The van der Waals surface area contributed by atoms with Crippen LogP contribution in [0.4, 0.5) is 0 Å². The molecule has 1 aliphatic rings. The zero-order chi connectivity index (χ0) is 22.5. The van der Waals surface area contributed by atoms with Crippen molar-refractivity contribution in [2.45, 2.75) is 40.7 Å². The number of carboxylic acids is 1. The number of phenolic OH excluding ortho intramolecular Hbond substituents is 1. The summed E-state index contributed by atoms with van der Waals surface area (Å²) < 4.78 is 16.8. The lowest BCUT2D eigenvalue weighted by Gasteiger charge is -2.30. The first-order valence-electron chi connectivity index (χ1n) is 9.35. The molecule has 160 valence electrons. The maximum absolute atomic E-state index is 13.0. The van der Waals surface area contributed by atoms with Gasteiger partial charge in [0.05, 0.1) is 12.7 Å². The first-order chi connectivity index (χ1) is 13.9. The van der Waals surface area contributed by atoms with Gasteiger partial charge in [0, 0.05) is 11.6 Å². The Morgan fingerprint density at radius 2 is 1.77 bits per heavy atom. The van der Waals surface area contributed by atoms with Crippen molar-refractivity contribution in [2.75, 3.05) is 7.11 Å². The van der Waals surface area contributed by atoms with E-state index in [0.29, 0.717) is 11.1 Å². The van der Waals surface area contributed by atoms with E-state index in [9.17, 15) is 19.8 Å². The topological polar surface area (TPSA) is 128 Å². The van der Waals surface area contributed by atoms with E-state index < -0.39 is 23.4 Å². The van der Waals surface area contributed by atoms with E-state index in [-0.39, 0.29) is 45.4 Å². The number of hydrogen-bond acceptors (Lipinski definition) is 7. The predicted octanol–water partition coefficient (Wildman–Crippen LogP) is 4.09. The van der Waals surface area contributed by atoms with Gasteiger partial charge in [-0.05, 0) is 37.0 Å². The Bertz CT molecular complexity index is 1070. The summed E-state index contributed by atoms with van der Waals surface area (Å²) in [6, 6.07) is 2.01. The summed E-state index contributed by atoms with van der Waals surface area (Å²) >= 11 is 0. The molecular formula is C22H25NO7. The van der Waals surface area contributed by atoms with Crippen LogP contribution in [-0.2, 0) is 0 Å². The molecule has 0 aromatic heterocycles. The Hall–Kier alpha value is -3.26. The maximum Gasteiger partial charge on any atom is 0.347 e. The molecule has 0 radical (unpaired) electrons. The number of hydrogen-bond donors (Lipinski definition) is 3. The van der Waals surface area contributed by atoms with E-state index in [1.807, 2.05) is 20.8 Å². The molecule has 3 rings (SSSR count). The fourth-order valence-corrected chi connectivity index (χ4v) is 3.43. The van der Waals surface area contributed by atoms with Gasteiger partial charge in [0.1, 0.15) is 22.6 Å². The van der Waals surface area contributed by atoms with Crippen molar-refractivity contribution in [1.82, 2.24) is 0 Å². The van der Waals surface area contributed by atoms with Crippen molar-refractivity contribution in [3.8, 4) is 28.7 Å². The Kier molecular flexibility index (Phi) is 5.16. The van der Waals surface area contributed by atoms with E-state index in [1.54, 1.807) is 13.8 Å². The number of carbonyl (C=O) groups is 2. The van der Waals surface area contributed by atoms with Crippen molar-refractivity contribution in [1.29, 1.82) is 0 Å². The molecule has 1 heterocycles. The monoisotopic (exact) mass is 415 g/mol. The molecule has 0 amide bonds. The van der Waals surface area contributed by atoms with Crippen molar-refractivity contribution >= 4 is 11.9 Å². The molecule has 1 aliphatic heterocycles. The number of aromatic hydroxyl groups is 1.